The Hall–Kier alpha value is -3.89. The number of fused-ring (bicyclic) bond motifs is 1. The van der Waals surface area contributed by atoms with E-state index in [1.165, 1.54) is 31.3 Å². The first-order valence-corrected chi connectivity index (χ1v) is 10.6. The molecule has 11 heteroatoms. The van der Waals surface area contributed by atoms with E-state index >= 15 is 0 Å². The minimum atomic E-state index is -4.49. The van der Waals surface area contributed by atoms with Crippen LogP contribution in [0, 0.1) is 10.1 Å². The topological polar surface area (TPSA) is 91.6 Å². The van der Waals surface area contributed by atoms with Crippen molar-refractivity contribution in [3.05, 3.63) is 69.9 Å². The summed E-state index contributed by atoms with van der Waals surface area (Å²) in [6.07, 6.45) is -2.96. The average molecular weight is 473 g/mol. The molecule has 0 saturated carbocycles. The maximum atomic E-state index is 13.2. The summed E-state index contributed by atoms with van der Waals surface area (Å²) >= 11 is 0. The van der Waals surface area contributed by atoms with E-state index in [2.05, 4.69) is 10.3 Å². The van der Waals surface area contributed by atoms with Crippen LogP contribution in [0.5, 0.6) is 0 Å². The van der Waals surface area contributed by atoms with Crippen molar-refractivity contribution in [2.24, 2.45) is 0 Å². The molecular formula is C23H22F3N5O3. The third-order valence-electron chi connectivity index (χ3n) is 5.83. The van der Waals surface area contributed by atoms with E-state index in [0.717, 1.165) is 12.1 Å². The lowest BCUT2D eigenvalue weighted by Crippen LogP contribution is -2.48. The minimum Gasteiger partial charge on any atom is -0.379 e. The quantitative estimate of drug-likeness (QED) is 0.435. The van der Waals surface area contributed by atoms with Gasteiger partial charge in [-0.25, -0.2) is 0 Å². The number of anilines is 2. The van der Waals surface area contributed by atoms with Gasteiger partial charge in [0.1, 0.15) is 0 Å². The monoisotopic (exact) mass is 473 g/mol. The van der Waals surface area contributed by atoms with Crippen molar-refractivity contribution >= 4 is 33.9 Å². The third kappa shape index (κ3) is 4.87. The molecule has 1 N–H and O–H groups in total. The molecule has 178 valence electrons. The molecule has 1 aliphatic rings. The number of non-ortho nitro benzene ring substituents is 1. The molecule has 0 atom stereocenters. The van der Waals surface area contributed by atoms with Gasteiger partial charge in [-0.3, -0.25) is 19.9 Å². The molecule has 2 heterocycles. The number of nitrogens with zero attached hydrogens (tertiary/aromatic N) is 4. The van der Waals surface area contributed by atoms with E-state index in [-0.39, 0.29) is 23.7 Å². The zero-order valence-electron chi connectivity index (χ0n) is 18.3. The van der Waals surface area contributed by atoms with Crippen molar-refractivity contribution in [2.75, 3.05) is 36.4 Å². The second kappa shape index (κ2) is 9.16. The molecule has 1 aliphatic heterocycles. The molecule has 4 rings (SSSR count). The Labute approximate surface area is 193 Å². The second-order valence-electron chi connectivity index (χ2n) is 8.02. The molecule has 8 nitrogen and oxygen atoms in total. The summed E-state index contributed by atoms with van der Waals surface area (Å²) in [4.78, 5) is 30.3. The van der Waals surface area contributed by atoms with Gasteiger partial charge in [0.25, 0.3) is 5.69 Å². The van der Waals surface area contributed by atoms with Gasteiger partial charge in [-0.05, 0) is 17.7 Å². The molecule has 0 bridgehead atoms. The van der Waals surface area contributed by atoms with E-state index < -0.39 is 16.7 Å². The molecule has 1 aromatic heterocycles. The number of piperazine rings is 1. The number of amides is 1. The number of aromatic nitrogens is 1. The van der Waals surface area contributed by atoms with Gasteiger partial charge in [-0.1, -0.05) is 18.2 Å². The number of nitro benzene ring substituents is 1. The number of rotatable bonds is 5. The van der Waals surface area contributed by atoms with Crippen molar-refractivity contribution in [2.45, 2.75) is 19.6 Å². The largest absolute Gasteiger partial charge is 0.416 e. The smallest absolute Gasteiger partial charge is 0.379 e. The van der Waals surface area contributed by atoms with Crippen LogP contribution in [0.2, 0.25) is 0 Å². The van der Waals surface area contributed by atoms with Gasteiger partial charge in [0, 0.05) is 57.2 Å². The molecule has 0 radical (unpaired) electrons. The Morgan fingerprint density at radius 2 is 1.88 bits per heavy atom. The Bertz CT molecular complexity index is 1240. The summed E-state index contributed by atoms with van der Waals surface area (Å²) < 4.78 is 39.7. The number of nitrogens with one attached hydrogen (secondary N) is 1. The summed E-state index contributed by atoms with van der Waals surface area (Å²) in [6, 6.07) is 9.56. The van der Waals surface area contributed by atoms with Crippen molar-refractivity contribution < 1.29 is 22.9 Å². The Balaban J connectivity index is 1.71. The molecule has 34 heavy (non-hydrogen) atoms. The van der Waals surface area contributed by atoms with Crippen molar-refractivity contribution in [1.82, 2.24) is 9.88 Å². The average Bonchev–Trinajstić information content (AvgIpc) is 2.81. The van der Waals surface area contributed by atoms with Crippen molar-refractivity contribution in [3.8, 4) is 0 Å². The zero-order valence-corrected chi connectivity index (χ0v) is 18.3. The van der Waals surface area contributed by atoms with Crippen LogP contribution in [0.3, 0.4) is 0 Å². The number of hydrogen-bond acceptors (Lipinski definition) is 6. The zero-order chi connectivity index (χ0) is 24.5. The van der Waals surface area contributed by atoms with E-state index in [1.807, 2.05) is 4.90 Å². The van der Waals surface area contributed by atoms with Crippen LogP contribution in [-0.2, 0) is 17.5 Å². The fourth-order valence-corrected chi connectivity index (χ4v) is 4.02. The predicted octanol–water partition coefficient (Wildman–Crippen LogP) is 4.44. The summed E-state index contributed by atoms with van der Waals surface area (Å²) in [6.45, 7) is 3.85. The second-order valence-corrected chi connectivity index (χ2v) is 8.02. The standard InChI is InChI=1S/C23H22F3N5O3/c1-15(32)29-7-9-30(10-8-29)21-14-27-20-12-17(23(24,25)26)5-6-19(20)22(21)28-13-16-3-2-4-18(11-16)31(33)34/h2-6,11-12,14H,7-10,13H2,1H3,(H,27,28). The normalized spacial score (nSPS) is 14.4. The highest BCUT2D eigenvalue weighted by molar-refractivity contribution is 5.98. The lowest BCUT2D eigenvalue weighted by Gasteiger charge is -2.36. The van der Waals surface area contributed by atoms with E-state index in [4.69, 9.17) is 0 Å². The fraction of sp³-hybridized carbons (Fsp3) is 0.304. The molecule has 3 aromatic rings. The third-order valence-corrected chi connectivity index (χ3v) is 5.83. The number of carbonyl (C=O) groups is 1. The highest BCUT2D eigenvalue weighted by Gasteiger charge is 2.31. The van der Waals surface area contributed by atoms with Gasteiger partial charge >= 0.3 is 6.18 Å². The first-order chi connectivity index (χ1) is 16.1. The molecule has 1 fully saturated rings. The van der Waals surface area contributed by atoms with Crippen LogP contribution in [0.15, 0.2) is 48.7 Å². The molecule has 2 aromatic carbocycles. The molecule has 0 aliphatic carbocycles. The number of pyridine rings is 1. The Morgan fingerprint density at radius 3 is 2.53 bits per heavy atom. The molecule has 0 spiro atoms. The van der Waals surface area contributed by atoms with Gasteiger partial charge in [-0.2, -0.15) is 13.2 Å². The number of halogens is 3. The molecule has 0 unspecified atom stereocenters. The summed E-state index contributed by atoms with van der Waals surface area (Å²) in [7, 11) is 0. The summed E-state index contributed by atoms with van der Waals surface area (Å²) in [5.74, 6) is -0.0139. The lowest BCUT2D eigenvalue weighted by atomic mass is 10.1. The maximum absolute atomic E-state index is 13.2. The molecule has 1 amide bonds. The summed E-state index contributed by atoms with van der Waals surface area (Å²) in [5.41, 5.74) is 1.28. The van der Waals surface area contributed by atoms with E-state index in [9.17, 15) is 28.1 Å². The van der Waals surface area contributed by atoms with E-state index in [0.29, 0.717) is 48.5 Å². The molecular weight excluding hydrogens is 451 g/mol. The van der Waals surface area contributed by atoms with Crippen LogP contribution in [0.1, 0.15) is 18.1 Å². The number of nitro groups is 1. The number of alkyl halides is 3. The first-order valence-electron chi connectivity index (χ1n) is 10.6. The Kier molecular flexibility index (Phi) is 6.27. The van der Waals surface area contributed by atoms with Crippen LogP contribution in [0.4, 0.5) is 30.2 Å². The number of carbonyl (C=O) groups excluding carboxylic acids is 1. The summed E-state index contributed by atoms with van der Waals surface area (Å²) in [5, 5.41) is 14.9. The number of hydrogen-bond donors (Lipinski definition) is 1. The van der Waals surface area contributed by atoms with Crippen LogP contribution < -0.4 is 10.2 Å². The van der Waals surface area contributed by atoms with Crippen LogP contribution >= 0.6 is 0 Å². The maximum Gasteiger partial charge on any atom is 0.416 e. The SMILES string of the molecule is CC(=O)N1CCN(c2cnc3cc(C(F)(F)F)ccc3c2NCc2cccc([N+](=O)[O-])c2)CC1. The van der Waals surface area contributed by atoms with Gasteiger partial charge in [0.2, 0.25) is 5.91 Å². The van der Waals surface area contributed by atoms with Crippen molar-refractivity contribution in [1.29, 1.82) is 0 Å². The van der Waals surface area contributed by atoms with Crippen LogP contribution in [0.25, 0.3) is 10.9 Å². The van der Waals surface area contributed by atoms with E-state index in [1.54, 1.807) is 17.0 Å². The van der Waals surface area contributed by atoms with Gasteiger partial charge < -0.3 is 15.1 Å². The fourth-order valence-electron chi connectivity index (χ4n) is 4.02. The highest BCUT2D eigenvalue weighted by atomic mass is 19.4. The minimum absolute atomic E-state index is 0.0139. The van der Waals surface area contributed by atoms with Gasteiger partial charge in [-0.15, -0.1) is 0 Å². The van der Waals surface area contributed by atoms with Gasteiger partial charge in [0.05, 0.1) is 33.6 Å². The molecule has 1 saturated heterocycles. The Morgan fingerprint density at radius 1 is 1.15 bits per heavy atom. The lowest BCUT2D eigenvalue weighted by molar-refractivity contribution is -0.384. The highest BCUT2D eigenvalue weighted by Crippen LogP contribution is 2.37. The first kappa shape index (κ1) is 23.3. The van der Waals surface area contributed by atoms with Crippen LogP contribution in [-0.4, -0.2) is 46.9 Å². The van der Waals surface area contributed by atoms with Gasteiger partial charge in [0.15, 0.2) is 0 Å². The van der Waals surface area contributed by atoms with Crippen molar-refractivity contribution in [3.63, 3.8) is 0 Å². The number of benzene rings is 2. The predicted molar refractivity (Wildman–Crippen MR) is 122 cm³/mol.